The number of carbonyl (C=O) groups is 2. The van der Waals surface area contributed by atoms with Crippen LogP contribution in [0.3, 0.4) is 0 Å². The Bertz CT molecular complexity index is 1110. The molecule has 0 fully saturated rings. The lowest BCUT2D eigenvalue weighted by atomic mass is 9.73. The Labute approximate surface area is 177 Å². The van der Waals surface area contributed by atoms with Gasteiger partial charge in [-0.2, -0.15) is 13.2 Å². The van der Waals surface area contributed by atoms with E-state index in [1.165, 1.54) is 36.4 Å². The van der Waals surface area contributed by atoms with Crippen LogP contribution < -0.4 is 10.2 Å². The van der Waals surface area contributed by atoms with E-state index in [4.69, 9.17) is 0 Å². The first-order chi connectivity index (χ1) is 14.5. The van der Waals surface area contributed by atoms with Crippen molar-refractivity contribution >= 4 is 23.1 Å². The molecule has 1 heterocycles. The van der Waals surface area contributed by atoms with Crippen LogP contribution in [-0.4, -0.2) is 23.0 Å². The van der Waals surface area contributed by atoms with Crippen LogP contribution in [0.4, 0.5) is 24.5 Å². The predicted molar refractivity (Wildman–Crippen MR) is 110 cm³/mol. The quantitative estimate of drug-likeness (QED) is 0.661. The summed E-state index contributed by atoms with van der Waals surface area (Å²) in [5.41, 5.74) is 0.735. The summed E-state index contributed by atoms with van der Waals surface area (Å²) >= 11 is 0. The fraction of sp³-hybridized carbons (Fsp3) is 0.304. The number of allylic oxidation sites excluding steroid dienone is 1. The molecule has 2 N–H and O–H groups in total. The molecule has 0 spiro atoms. The third-order valence-corrected chi connectivity index (χ3v) is 5.55. The number of Topliss-reactive ketones (excluding diaryl/α,β-unsaturated/α-hetero) is 1. The monoisotopic (exact) mass is 430 g/mol. The maximum atomic E-state index is 13.7. The minimum atomic E-state index is -5.16. The average Bonchev–Trinajstić information content (AvgIpc) is 2.79. The van der Waals surface area contributed by atoms with E-state index < -0.39 is 23.5 Å². The van der Waals surface area contributed by atoms with E-state index in [2.05, 4.69) is 5.32 Å². The van der Waals surface area contributed by atoms with Crippen LogP contribution in [-0.2, 0) is 9.59 Å². The molecule has 2 aromatic carbocycles. The third-order valence-electron chi connectivity index (χ3n) is 5.55. The van der Waals surface area contributed by atoms with Crippen molar-refractivity contribution in [1.82, 2.24) is 0 Å². The van der Waals surface area contributed by atoms with Gasteiger partial charge in [-0.05, 0) is 41.7 Å². The molecule has 0 saturated carbocycles. The van der Waals surface area contributed by atoms with Crippen molar-refractivity contribution in [3.8, 4) is 5.75 Å². The van der Waals surface area contributed by atoms with Gasteiger partial charge >= 0.3 is 12.1 Å². The summed E-state index contributed by atoms with van der Waals surface area (Å²) in [6.07, 6.45) is -4.61. The molecule has 1 aliphatic carbocycles. The molecule has 5 nitrogen and oxygen atoms in total. The smallest absolute Gasteiger partial charge is 0.471 e. The maximum Gasteiger partial charge on any atom is 0.471 e. The molecule has 0 radical (unpaired) electrons. The van der Waals surface area contributed by atoms with E-state index in [1.54, 1.807) is 12.1 Å². The van der Waals surface area contributed by atoms with Gasteiger partial charge in [0.25, 0.3) is 0 Å². The molecular weight excluding hydrogens is 409 g/mol. The number of alkyl halides is 3. The second kappa shape index (κ2) is 7.14. The van der Waals surface area contributed by atoms with Crippen LogP contribution in [0.5, 0.6) is 5.75 Å². The number of nitrogens with one attached hydrogen (secondary N) is 1. The molecule has 0 aromatic heterocycles. The number of para-hydroxylation sites is 2. The van der Waals surface area contributed by atoms with Gasteiger partial charge in [-0.15, -0.1) is 0 Å². The zero-order valence-electron chi connectivity index (χ0n) is 17.0. The summed E-state index contributed by atoms with van der Waals surface area (Å²) in [7, 11) is 0. The number of phenolic OH excluding ortho intramolecular Hbond substituents is 1. The van der Waals surface area contributed by atoms with Crippen LogP contribution in [0.25, 0.3) is 0 Å². The molecule has 2 aliphatic rings. The van der Waals surface area contributed by atoms with Crippen molar-refractivity contribution in [1.29, 1.82) is 0 Å². The average molecular weight is 430 g/mol. The minimum Gasteiger partial charge on any atom is -0.508 e. The first-order valence-electron chi connectivity index (χ1n) is 9.79. The Morgan fingerprint density at radius 2 is 1.84 bits per heavy atom. The van der Waals surface area contributed by atoms with Gasteiger partial charge in [0.2, 0.25) is 0 Å². The van der Waals surface area contributed by atoms with E-state index in [0.29, 0.717) is 22.7 Å². The summed E-state index contributed by atoms with van der Waals surface area (Å²) in [6.45, 7) is 3.82. The second-order valence-corrected chi connectivity index (χ2v) is 8.65. The number of amides is 1. The fourth-order valence-corrected chi connectivity index (χ4v) is 4.36. The molecule has 31 heavy (non-hydrogen) atoms. The van der Waals surface area contributed by atoms with Crippen LogP contribution >= 0.6 is 0 Å². The second-order valence-electron chi connectivity index (χ2n) is 8.65. The van der Waals surface area contributed by atoms with E-state index in [-0.39, 0.29) is 34.8 Å². The zero-order chi connectivity index (χ0) is 22.6. The summed E-state index contributed by atoms with van der Waals surface area (Å²) < 4.78 is 41.1. The van der Waals surface area contributed by atoms with Crippen molar-refractivity contribution in [3.05, 3.63) is 65.4 Å². The molecule has 162 valence electrons. The summed E-state index contributed by atoms with van der Waals surface area (Å²) in [5, 5.41) is 13.1. The summed E-state index contributed by atoms with van der Waals surface area (Å²) in [4.78, 5) is 26.6. The number of anilines is 2. The van der Waals surface area contributed by atoms with Crippen molar-refractivity contribution in [2.75, 3.05) is 10.2 Å². The first kappa shape index (κ1) is 21.0. The fourth-order valence-electron chi connectivity index (χ4n) is 4.36. The van der Waals surface area contributed by atoms with Gasteiger partial charge in [0.05, 0.1) is 17.4 Å². The maximum absolute atomic E-state index is 13.7. The zero-order valence-corrected chi connectivity index (χ0v) is 17.0. The number of fused-ring (bicyclic) bond motifs is 1. The highest BCUT2D eigenvalue weighted by molar-refractivity contribution is 6.07. The van der Waals surface area contributed by atoms with E-state index in [9.17, 15) is 27.9 Å². The van der Waals surface area contributed by atoms with Crippen LogP contribution in [0.1, 0.15) is 38.3 Å². The van der Waals surface area contributed by atoms with E-state index in [0.717, 1.165) is 0 Å². The third kappa shape index (κ3) is 3.78. The summed E-state index contributed by atoms with van der Waals surface area (Å²) in [6, 6.07) is 10.5. The van der Waals surface area contributed by atoms with Gasteiger partial charge in [-0.3, -0.25) is 14.5 Å². The van der Waals surface area contributed by atoms with Gasteiger partial charge in [-0.25, -0.2) is 0 Å². The lowest BCUT2D eigenvalue weighted by molar-refractivity contribution is -0.170. The topological polar surface area (TPSA) is 69.6 Å². The molecule has 1 aliphatic heterocycles. The molecule has 0 unspecified atom stereocenters. The van der Waals surface area contributed by atoms with Crippen molar-refractivity contribution in [2.24, 2.45) is 5.41 Å². The van der Waals surface area contributed by atoms with Crippen molar-refractivity contribution < 1.29 is 27.9 Å². The molecule has 1 atom stereocenters. The largest absolute Gasteiger partial charge is 0.508 e. The van der Waals surface area contributed by atoms with Gasteiger partial charge < -0.3 is 10.4 Å². The molecule has 0 bridgehead atoms. The van der Waals surface area contributed by atoms with E-state index >= 15 is 0 Å². The lowest BCUT2D eigenvalue weighted by Crippen LogP contribution is -2.45. The molecular formula is C23H21F3N2O3. The van der Waals surface area contributed by atoms with Crippen LogP contribution in [0.15, 0.2) is 59.8 Å². The van der Waals surface area contributed by atoms with Crippen LogP contribution in [0.2, 0.25) is 0 Å². The van der Waals surface area contributed by atoms with Crippen molar-refractivity contribution in [3.63, 3.8) is 0 Å². The summed E-state index contributed by atoms with van der Waals surface area (Å²) in [5.74, 6) is -2.59. The Morgan fingerprint density at radius 3 is 2.52 bits per heavy atom. The number of hydrogen-bond acceptors (Lipinski definition) is 4. The normalized spacial score (nSPS) is 20.5. The molecule has 4 rings (SSSR count). The van der Waals surface area contributed by atoms with Gasteiger partial charge in [0.1, 0.15) is 5.75 Å². The Balaban J connectivity index is 2.05. The lowest BCUT2D eigenvalue weighted by Gasteiger charge is -2.37. The number of hydrogen-bond donors (Lipinski definition) is 2. The molecule has 8 heteroatoms. The van der Waals surface area contributed by atoms with E-state index in [1.807, 2.05) is 13.8 Å². The van der Waals surface area contributed by atoms with Gasteiger partial charge in [0, 0.05) is 17.7 Å². The number of rotatable bonds is 1. The Hall–Kier alpha value is -3.29. The molecule has 1 amide bonds. The minimum absolute atomic E-state index is 0.0122. The van der Waals surface area contributed by atoms with Crippen LogP contribution in [0, 0.1) is 5.41 Å². The first-order valence-corrected chi connectivity index (χ1v) is 9.79. The highest BCUT2D eigenvalue weighted by Crippen LogP contribution is 2.49. The number of benzene rings is 2. The molecule has 2 aromatic rings. The predicted octanol–water partition coefficient (Wildman–Crippen LogP) is 5.10. The van der Waals surface area contributed by atoms with Gasteiger partial charge in [-0.1, -0.05) is 38.1 Å². The van der Waals surface area contributed by atoms with Gasteiger partial charge in [0.15, 0.2) is 5.78 Å². The number of aromatic hydroxyl groups is 1. The number of ketones is 1. The Kier molecular flexibility index (Phi) is 4.83. The Morgan fingerprint density at radius 1 is 1.13 bits per heavy atom. The standard InChI is InChI=1S/C23H21F3N2O3/c1-22(2)11-16-19(18(30)12-22)20(13-6-5-7-14(29)10-13)28(21(31)23(24,25)26)17-9-4-3-8-15(17)27-16/h3-10,20,27,29H,11-12H2,1-2H3/t20-/m1/s1. The number of halogens is 3. The van der Waals surface area contributed by atoms with Crippen molar-refractivity contribution in [2.45, 2.75) is 38.9 Å². The number of carbonyl (C=O) groups excluding carboxylic acids is 2. The number of phenols is 1. The SMILES string of the molecule is CC1(C)CC(=O)C2=C(C1)Nc1ccccc1N(C(=O)C(F)(F)F)[C@@H]2c1cccc(O)c1. The molecule has 0 saturated heterocycles. The highest BCUT2D eigenvalue weighted by atomic mass is 19.4. The highest BCUT2D eigenvalue weighted by Gasteiger charge is 2.50. The number of nitrogens with zero attached hydrogens (tertiary/aromatic N) is 1.